The Labute approximate surface area is 224 Å². The van der Waals surface area contributed by atoms with Crippen molar-refractivity contribution in [2.45, 2.75) is 38.1 Å². The van der Waals surface area contributed by atoms with Gasteiger partial charge in [0.25, 0.3) is 5.69 Å². The maximum atomic E-state index is 13.0. The summed E-state index contributed by atoms with van der Waals surface area (Å²) in [5.74, 6) is -0.548. The van der Waals surface area contributed by atoms with Crippen molar-refractivity contribution in [3.63, 3.8) is 0 Å². The van der Waals surface area contributed by atoms with Gasteiger partial charge in [-0.05, 0) is 56.5 Å². The van der Waals surface area contributed by atoms with E-state index in [2.05, 4.69) is 10.4 Å². The average molecular weight is 566 g/mol. The molecule has 3 aromatic rings. The van der Waals surface area contributed by atoms with E-state index < -0.39 is 14.9 Å². The molecule has 0 spiro atoms. The van der Waals surface area contributed by atoms with Crippen LogP contribution in [0.2, 0.25) is 10.0 Å². The molecule has 0 bridgehead atoms. The number of carbonyl (C=O) groups is 1. The predicted molar refractivity (Wildman–Crippen MR) is 140 cm³/mol. The Balaban J connectivity index is 1.39. The Morgan fingerprint density at radius 2 is 1.76 bits per heavy atom. The van der Waals surface area contributed by atoms with E-state index in [9.17, 15) is 23.3 Å². The number of anilines is 1. The van der Waals surface area contributed by atoms with Crippen LogP contribution in [0.15, 0.2) is 47.4 Å². The molecule has 0 unspecified atom stereocenters. The van der Waals surface area contributed by atoms with Gasteiger partial charge >= 0.3 is 0 Å². The highest BCUT2D eigenvalue weighted by Crippen LogP contribution is 2.28. The molecule has 4 rings (SSSR count). The molecule has 2 heterocycles. The number of non-ortho nitro benzene ring substituents is 1. The first-order valence-corrected chi connectivity index (χ1v) is 13.7. The largest absolute Gasteiger partial charge is 0.323 e. The molecule has 1 amide bonds. The van der Waals surface area contributed by atoms with E-state index in [1.54, 1.807) is 16.8 Å². The fourth-order valence-corrected chi connectivity index (χ4v) is 6.11. The first-order valence-electron chi connectivity index (χ1n) is 11.5. The molecule has 1 fully saturated rings. The quantitative estimate of drug-likeness (QED) is 0.323. The Morgan fingerprint density at radius 3 is 2.35 bits per heavy atom. The van der Waals surface area contributed by atoms with Crippen molar-refractivity contribution in [3.8, 4) is 0 Å². The third-order valence-corrected chi connectivity index (χ3v) is 9.11. The van der Waals surface area contributed by atoms with E-state index in [0.29, 0.717) is 40.8 Å². The number of sulfonamides is 1. The fourth-order valence-electron chi connectivity index (χ4n) is 4.32. The first-order chi connectivity index (χ1) is 17.5. The van der Waals surface area contributed by atoms with Crippen molar-refractivity contribution in [1.29, 1.82) is 0 Å². The van der Waals surface area contributed by atoms with Crippen molar-refractivity contribution >= 4 is 50.5 Å². The summed E-state index contributed by atoms with van der Waals surface area (Å²) in [6.45, 7) is 4.48. The summed E-state index contributed by atoms with van der Waals surface area (Å²) in [4.78, 5) is 23.3. The van der Waals surface area contributed by atoms with Crippen molar-refractivity contribution in [2.24, 2.45) is 5.92 Å². The number of benzene rings is 2. The summed E-state index contributed by atoms with van der Waals surface area (Å²) in [5, 5.41) is 19.3. The van der Waals surface area contributed by atoms with Gasteiger partial charge in [0.1, 0.15) is 0 Å². The van der Waals surface area contributed by atoms with Gasteiger partial charge in [-0.3, -0.25) is 19.6 Å². The molecule has 1 saturated heterocycles. The number of nitrogens with zero attached hydrogens (tertiary/aromatic N) is 4. The molecule has 0 atom stereocenters. The first kappa shape index (κ1) is 27.1. The highest BCUT2D eigenvalue weighted by Gasteiger charge is 2.33. The van der Waals surface area contributed by atoms with E-state index in [4.69, 9.17) is 23.2 Å². The number of aromatic nitrogens is 2. The summed E-state index contributed by atoms with van der Waals surface area (Å²) in [5.41, 5.74) is 2.82. The molecule has 1 aliphatic rings. The lowest BCUT2D eigenvalue weighted by molar-refractivity contribution is -0.384. The van der Waals surface area contributed by atoms with Crippen molar-refractivity contribution < 1.29 is 18.1 Å². The number of hydrogen-bond donors (Lipinski definition) is 1. The van der Waals surface area contributed by atoms with E-state index in [-0.39, 0.29) is 35.5 Å². The lowest BCUT2D eigenvalue weighted by Crippen LogP contribution is -2.41. The molecule has 1 aliphatic heterocycles. The maximum Gasteiger partial charge on any atom is 0.269 e. The monoisotopic (exact) mass is 565 g/mol. The predicted octanol–water partition coefficient (Wildman–Crippen LogP) is 4.80. The van der Waals surface area contributed by atoms with Crippen LogP contribution in [0.1, 0.15) is 29.8 Å². The third kappa shape index (κ3) is 5.80. The van der Waals surface area contributed by atoms with Gasteiger partial charge in [0.15, 0.2) is 0 Å². The number of nitro benzene ring substituents is 1. The molecule has 10 nitrogen and oxygen atoms in total. The lowest BCUT2D eigenvalue weighted by atomic mass is 9.97. The van der Waals surface area contributed by atoms with Crippen LogP contribution in [0.4, 0.5) is 11.4 Å². The van der Waals surface area contributed by atoms with Gasteiger partial charge in [0, 0.05) is 31.1 Å². The number of nitrogens with one attached hydrogen (secondary N) is 1. The number of hydrogen-bond acceptors (Lipinski definition) is 6. The number of aryl methyl sites for hydroxylation is 1. The van der Waals surface area contributed by atoms with Crippen molar-refractivity contribution in [3.05, 3.63) is 79.6 Å². The van der Waals surface area contributed by atoms with Crippen LogP contribution in [-0.4, -0.2) is 46.4 Å². The van der Waals surface area contributed by atoms with Crippen LogP contribution < -0.4 is 5.32 Å². The zero-order valence-corrected chi connectivity index (χ0v) is 22.5. The van der Waals surface area contributed by atoms with Crippen LogP contribution in [0.25, 0.3) is 0 Å². The minimum atomic E-state index is -3.81. The highest BCUT2D eigenvalue weighted by molar-refractivity contribution is 7.89. The SMILES string of the molecule is Cc1nn(Cc2ccc(Cl)c(Cl)c2)c(C)c1NC(=O)C1CCN(S(=O)(=O)c2ccc([N+](=O)[O-])cc2)CC1. The van der Waals surface area contributed by atoms with Gasteiger partial charge in [0.05, 0.1) is 43.5 Å². The zero-order chi connectivity index (χ0) is 26.9. The second kappa shape index (κ2) is 10.8. The van der Waals surface area contributed by atoms with Crippen LogP contribution in [0.3, 0.4) is 0 Å². The lowest BCUT2D eigenvalue weighted by Gasteiger charge is -2.30. The number of nitro groups is 1. The molecule has 13 heteroatoms. The van der Waals surface area contributed by atoms with Crippen LogP contribution in [0.5, 0.6) is 0 Å². The van der Waals surface area contributed by atoms with Gasteiger partial charge in [-0.2, -0.15) is 9.40 Å². The smallest absolute Gasteiger partial charge is 0.269 e. The van der Waals surface area contributed by atoms with Crippen LogP contribution >= 0.6 is 23.2 Å². The molecular weight excluding hydrogens is 541 g/mol. The zero-order valence-electron chi connectivity index (χ0n) is 20.1. The van der Waals surface area contributed by atoms with Gasteiger partial charge in [-0.25, -0.2) is 8.42 Å². The molecule has 0 radical (unpaired) electrons. The molecule has 37 heavy (non-hydrogen) atoms. The fraction of sp³-hybridized carbons (Fsp3) is 0.333. The van der Waals surface area contributed by atoms with Crippen LogP contribution in [0, 0.1) is 29.9 Å². The second-order valence-electron chi connectivity index (χ2n) is 8.87. The van der Waals surface area contributed by atoms with E-state index in [1.807, 2.05) is 19.9 Å². The third-order valence-electron chi connectivity index (χ3n) is 6.46. The molecular formula is C24H25Cl2N5O5S. The number of rotatable bonds is 7. The summed E-state index contributed by atoms with van der Waals surface area (Å²) < 4.78 is 29.0. The summed E-state index contributed by atoms with van der Waals surface area (Å²) >= 11 is 12.1. The molecule has 196 valence electrons. The normalized spacial score (nSPS) is 15.0. The Kier molecular flexibility index (Phi) is 7.88. The van der Waals surface area contributed by atoms with Crippen molar-refractivity contribution in [2.75, 3.05) is 18.4 Å². The molecule has 0 aliphatic carbocycles. The molecule has 1 aromatic heterocycles. The number of amides is 1. The summed E-state index contributed by atoms with van der Waals surface area (Å²) in [7, 11) is -3.81. The molecule has 1 N–H and O–H groups in total. The van der Waals surface area contributed by atoms with Crippen molar-refractivity contribution in [1.82, 2.24) is 14.1 Å². The van der Waals surface area contributed by atoms with Gasteiger partial charge in [-0.1, -0.05) is 29.3 Å². The standard InChI is InChI=1S/C24H25Cl2N5O5S/c1-15-23(16(2)30(28-15)14-17-3-8-21(25)22(26)13-17)27-24(32)18-9-11-29(12-10-18)37(35,36)20-6-4-19(5-7-20)31(33)34/h3-8,13,18H,9-12,14H2,1-2H3,(H,27,32). The Bertz CT molecular complexity index is 1450. The van der Waals surface area contributed by atoms with Gasteiger partial charge < -0.3 is 5.32 Å². The summed E-state index contributed by atoms with van der Waals surface area (Å²) in [6.07, 6.45) is 0.709. The minimum absolute atomic E-state index is 0.0124. The summed E-state index contributed by atoms with van der Waals surface area (Å²) in [6, 6.07) is 10.2. The number of carbonyl (C=O) groups excluding carboxylic acids is 1. The average Bonchev–Trinajstić information content (AvgIpc) is 3.13. The molecule has 2 aromatic carbocycles. The van der Waals surface area contributed by atoms with E-state index in [1.165, 1.54) is 28.6 Å². The van der Waals surface area contributed by atoms with Gasteiger partial charge in [-0.15, -0.1) is 0 Å². The van der Waals surface area contributed by atoms with Gasteiger partial charge in [0.2, 0.25) is 15.9 Å². The second-order valence-corrected chi connectivity index (χ2v) is 11.6. The number of piperidine rings is 1. The van der Waals surface area contributed by atoms with E-state index >= 15 is 0 Å². The Morgan fingerprint density at radius 1 is 1.11 bits per heavy atom. The highest BCUT2D eigenvalue weighted by atomic mass is 35.5. The Hall–Kier alpha value is -2.99. The molecule has 0 saturated carbocycles. The van der Waals surface area contributed by atoms with Crippen LogP contribution in [-0.2, 0) is 21.4 Å². The maximum absolute atomic E-state index is 13.0. The number of halogens is 2. The topological polar surface area (TPSA) is 127 Å². The van der Waals surface area contributed by atoms with E-state index in [0.717, 1.165) is 11.3 Å². The minimum Gasteiger partial charge on any atom is -0.323 e.